The summed E-state index contributed by atoms with van der Waals surface area (Å²) >= 11 is 5.78. The molecule has 3 heterocycles. The van der Waals surface area contributed by atoms with Crippen LogP contribution in [0.2, 0.25) is 5.28 Å². The van der Waals surface area contributed by atoms with Gasteiger partial charge in [-0.15, -0.1) is 0 Å². The van der Waals surface area contributed by atoms with Gasteiger partial charge in [0, 0.05) is 0 Å². The van der Waals surface area contributed by atoms with Crippen LogP contribution in [0.15, 0.2) is 12.3 Å². The van der Waals surface area contributed by atoms with E-state index in [0.717, 1.165) is 12.3 Å². The minimum atomic E-state index is -1.29. The van der Waals surface area contributed by atoms with Gasteiger partial charge in [-0.25, -0.2) is 23.7 Å². The minimum absolute atomic E-state index is 0.0491. The first-order chi connectivity index (χ1) is 12.2. The molecular weight excluding hydrogens is 366 g/mol. The van der Waals surface area contributed by atoms with E-state index in [1.807, 2.05) is 6.92 Å². The Labute approximate surface area is 152 Å². The number of aliphatic hydroxyl groups is 1. The molecule has 0 spiro atoms. The van der Waals surface area contributed by atoms with Crippen LogP contribution in [0.3, 0.4) is 0 Å². The number of hydrogen-bond donors (Lipinski definition) is 1. The number of nitrogens with zero attached hydrogens (tertiary/aromatic N) is 4. The lowest BCUT2D eigenvalue weighted by atomic mass is 10.1. The van der Waals surface area contributed by atoms with Gasteiger partial charge in [-0.1, -0.05) is 0 Å². The summed E-state index contributed by atoms with van der Waals surface area (Å²) < 4.78 is 36.6. The lowest BCUT2D eigenvalue weighted by Gasteiger charge is -2.28. The zero-order valence-electron chi connectivity index (χ0n) is 14.2. The smallest absolute Gasteiger partial charge is 0.223 e. The van der Waals surface area contributed by atoms with Crippen molar-refractivity contribution in [2.45, 2.75) is 32.4 Å². The topological polar surface area (TPSA) is 73.1 Å². The number of halogens is 3. The summed E-state index contributed by atoms with van der Waals surface area (Å²) in [4.78, 5) is 11.7. The van der Waals surface area contributed by atoms with Gasteiger partial charge in [-0.3, -0.25) is 0 Å². The first-order valence-electron chi connectivity index (χ1n) is 7.97. The first kappa shape index (κ1) is 17.1. The number of ether oxygens (including phenoxy) is 1. The van der Waals surface area contributed by atoms with Gasteiger partial charge >= 0.3 is 0 Å². The quantitative estimate of drug-likeness (QED) is 0.687. The van der Waals surface area contributed by atoms with Crippen molar-refractivity contribution in [3.8, 4) is 17.0 Å². The number of imidazole rings is 1. The second kappa shape index (κ2) is 5.59. The van der Waals surface area contributed by atoms with Gasteiger partial charge in [0.05, 0.1) is 17.8 Å². The highest BCUT2D eigenvalue weighted by Crippen LogP contribution is 2.44. The summed E-state index contributed by atoms with van der Waals surface area (Å²) in [6.45, 7) is 5.26. The fourth-order valence-corrected chi connectivity index (χ4v) is 3.33. The Balaban J connectivity index is 2.12. The third kappa shape index (κ3) is 2.44. The Morgan fingerprint density at radius 1 is 1.31 bits per heavy atom. The molecular formula is C17H15ClF2N4O2. The van der Waals surface area contributed by atoms with Gasteiger partial charge in [0.1, 0.15) is 34.8 Å². The summed E-state index contributed by atoms with van der Waals surface area (Å²) in [5.41, 5.74) is -0.934. The number of hydrogen-bond acceptors (Lipinski definition) is 5. The van der Waals surface area contributed by atoms with Crippen LogP contribution in [0.1, 0.15) is 32.6 Å². The molecule has 0 amide bonds. The Kier molecular flexibility index (Phi) is 3.68. The molecule has 0 saturated heterocycles. The van der Waals surface area contributed by atoms with E-state index in [1.165, 1.54) is 0 Å². The lowest BCUT2D eigenvalue weighted by Crippen LogP contribution is -2.28. The molecule has 2 aromatic heterocycles. The van der Waals surface area contributed by atoms with Gasteiger partial charge in [-0.05, 0) is 38.4 Å². The van der Waals surface area contributed by atoms with Crippen LogP contribution in [0, 0.1) is 11.6 Å². The van der Waals surface area contributed by atoms with Crippen LogP contribution in [-0.4, -0.2) is 31.2 Å². The molecule has 9 heteroatoms. The molecule has 0 fully saturated rings. The highest BCUT2D eigenvalue weighted by atomic mass is 35.5. The summed E-state index contributed by atoms with van der Waals surface area (Å²) in [7, 11) is 0. The second-order valence-corrected chi connectivity index (χ2v) is 7.13. The normalized spacial score (nSPS) is 16.8. The Hall–Kier alpha value is -2.32. The van der Waals surface area contributed by atoms with E-state index in [1.54, 1.807) is 18.4 Å². The molecule has 4 rings (SSSR count). The maximum absolute atomic E-state index is 14.8. The number of aromatic nitrogens is 4. The summed E-state index contributed by atoms with van der Waals surface area (Å²) in [5, 5.41) is 10.3. The Bertz CT molecular complexity index is 1050. The monoisotopic (exact) mass is 380 g/mol. The molecule has 0 radical (unpaired) electrons. The van der Waals surface area contributed by atoms with Crippen LogP contribution in [-0.2, 0) is 5.60 Å². The van der Waals surface area contributed by atoms with Crippen LogP contribution >= 0.6 is 11.6 Å². The Morgan fingerprint density at radius 3 is 2.73 bits per heavy atom. The van der Waals surface area contributed by atoms with E-state index >= 15 is 0 Å². The molecule has 26 heavy (non-hydrogen) atoms. The lowest BCUT2D eigenvalue weighted by molar-refractivity contribution is 0.0616. The van der Waals surface area contributed by atoms with Crippen LogP contribution in [0.4, 0.5) is 8.78 Å². The van der Waals surface area contributed by atoms with E-state index in [0.29, 0.717) is 11.3 Å². The number of rotatable bonds is 2. The third-order valence-corrected chi connectivity index (χ3v) is 4.48. The van der Waals surface area contributed by atoms with Crippen molar-refractivity contribution in [2.75, 3.05) is 6.61 Å². The van der Waals surface area contributed by atoms with E-state index in [-0.39, 0.29) is 40.5 Å². The van der Waals surface area contributed by atoms with Gasteiger partial charge in [0.15, 0.2) is 17.4 Å². The van der Waals surface area contributed by atoms with Crippen molar-refractivity contribution in [3.63, 3.8) is 0 Å². The van der Waals surface area contributed by atoms with Gasteiger partial charge < -0.3 is 14.4 Å². The minimum Gasteiger partial charge on any atom is -0.488 e. The van der Waals surface area contributed by atoms with Crippen molar-refractivity contribution in [2.24, 2.45) is 0 Å². The third-order valence-electron chi connectivity index (χ3n) is 4.29. The molecule has 1 N–H and O–H groups in total. The van der Waals surface area contributed by atoms with Gasteiger partial charge in [-0.2, -0.15) is 0 Å². The fraction of sp³-hybridized carbons (Fsp3) is 0.353. The standard InChI is InChI=1S/C17H15ClF2N4O2/c1-7-6-26-14-8(11-10(20)5-21-16(18)23-11)4-9(19)12-13(14)24(7)15(22-12)17(2,3)25/h4-5,7,25H,6H2,1-3H3/t7-/m0/s1. The maximum Gasteiger partial charge on any atom is 0.223 e. The first-order valence-corrected chi connectivity index (χ1v) is 8.34. The largest absolute Gasteiger partial charge is 0.488 e. The SMILES string of the molecule is C[C@H]1COc2c(-c3nc(Cl)ncc3F)cc(F)c3nc(C(C)(C)O)n1c23. The van der Waals surface area contributed by atoms with Crippen LogP contribution < -0.4 is 4.74 Å². The maximum atomic E-state index is 14.8. The molecule has 3 aromatic rings. The van der Waals surface area contributed by atoms with Gasteiger partial charge in [0.25, 0.3) is 0 Å². The molecule has 0 bridgehead atoms. The summed E-state index contributed by atoms with van der Waals surface area (Å²) in [6.07, 6.45) is 0.921. The fourth-order valence-electron chi connectivity index (χ4n) is 3.20. The predicted octanol–water partition coefficient (Wildman–Crippen LogP) is 3.61. The highest BCUT2D eigenvalue weighted by Gasteiger charge is 2.34. The molecule has 1 aliphatic heterocycles. The van der Waals surface area contributed by atoms with Crippen LogP contribution in [0.5, 0.6) is 5.75 Å². The molecule has 0 unspecified atom stereocenters. The highest BCUT2D eigenvalue weighted by molar-refractivity contribution is 6.28. The Morgan fingerprint density at radius 2 is 2.04 bits per heavy atom. The second-order valence-electron chi connectivity index (χ2n) is 6.79. The zero-order valence-corrected chi connectivity index (χ0v) is 15.0. The van der Waals surface area contributed by atoms with Crippen molar-refractivity contribution in [1.29, 1.82) is 0 Å². The van der Waals surface area contributed by atoms with E-state index in [9.17, 15) is 13.9 Å². The predicted molar refractivity (Wildman–Crippen MR) is 91.1 cm³/mol. The average molecular weight is 381 g/mol. The molecule has 0 saturated carbocycles. The van der Waals surface area contributed by atoms with E-state index in [2.05, 4.69) is 15.0 Å². The molecule has 1 aliphatic rings. The van der Waals surface area contributed by atoms with E-state index < -0.39 is 17.2 Å². The molecule has 0 aliphatic carbocycles. The number of benzene rings is 1. The van der Waals surface area contributed by atoms with Crippen molar-refractivity contribution in [1.82, 2.24) is 19.5 Å². The summed E-state index contributed by atoms with van der Waals surface area (Å²) in [5.74, 6) is -0.867. The van der Waals surface area contributed by atoms with Crippen LogP contribution in [0.25, 0.3) is 22.3 Å². The summed E-state index contributed by atoms with van der Waals surface area (Å²) in [6, 6.07) is 0.920. The molecule has 1 aromatic carbocycles. The van der Waals surface area contributed by atoms with Crippen molar-refractivity contribution >= 4 is 22.6 Å². The van der Waals surface area contributed by atoms with E-state index in [4.69, 9.17) is 16.3 Å². The van der Waals surface area contributed by atoms with Gasteiger partial charge in [0.2, 0.25) is 5.28 Å². The van der Waals surface area contributed by atoms with Crippen molar-refractivity contribution < 1.29 is 18.6 Å². The molecule has 136 valence electrons. The zero-order chi connectivity index (χ0) is 18.8. The molecule has 6 nitrogen and oxygen atoms in total. The van der Waals surface area contributed by atoms with Crippen molar-refractivity contribution in [3.05, 3.63) is 35.0 Å². The molecule has 1 atom stereocenters. The average Bonchev–Trinajstić information content (AvgIpc) is 2.98.